The predicted octanol–water partition coefficient (Wildman–Crippen LogP) is 11.1. The quantitative estimate of drug-likeness (QED) is 0.247. The third kappa shape index (κ3) is 8.25. The van der Waals surface area contributed by atoms with Crippen molar-refractivity contribution >= 4 is 28.7 Å². The number of aromatic carboxylic acids is 1. The van der Waals surface area contributed by atoms with Gasteiger partial charge in [0.2, 0.25) is 0 Å². The van der Waals surface area contributed by atoms with E-state index in [0.29, 0.717) is 36.3 Å². The van der Waals surface area contributed by atoms with Gasteiger partial charge in [-0.2, -0.15) is 13.2 Å². The van der Waals surface area contributed by atoms with Crippen LogP contribution in [0.5, 0.6) is 0 Å². The molecule has 3 aromatic carbocycles. The summed E-state index contributed by atoms with van der Waals surface area (Å²) in [6.45, 7) is 6.17. The van der Waals surface area contributed by atoms with Gasteiger partial charge in [-0.25, -0.2) is 4.79 Å². The normalized spacial score (nSPS) is 13.4. The highest BCUT2D eigenvalue weighted by Gasteiger charge is 2.36. The first-order valence-corrected chi connectivity index (χ1v) is 15.0. The number of rotatable bonds is 9. The Bertz CT molecular complexity index is 1370. The number of benzene rings is 3. The molecule has 3 aromatic rings. The van der Waals surface area contributed by atoms with E-state index in [-0.39, 0.29) is 22.8 Å². The highest BCUT2D eigenvalue weighted by Crippen LogP contribution is 2.46. The molecule has 0 bridgehead atoms. The van der Waals surface area contributed by atoms with Crippen molar-refractivity contribution in [3.05, 3.63) is 105 Å². The Morgan fingerprint density at radius 1 is 0.976 bits per heavy atom. The van der Waals surface area contributed by atoms with E-state index in [9.17, 15) is 27.5 Å². The highest BCUT2D eigenvalue weighted by atomic mass is 35.5. The van der Waals surface area contributed by atoms with Gasteiger partial charge in [-0.1, -0.05) is 88.0 Å². The molecule has 226 valence electrons. The fourth-order valence-electron chi connectivity index (χ4n) is 5.42. The third-order valence-electron chi connectivity index (χ3n) is 7.83. The molecule has 42 heavy (non-hydrogen) atoms. The fraction of sp³-hybridized carbons (Fsp3) is 0.400. The topological polar surface area (TPSA) is 37.3 Å². The number of halogens is 5. The summed E-state index contributed by atoms with van der Waals surface area (Å²) in [5, 5.41) is 9.57. The van der Waals surface area contributed by atoms with Crippen LogP contribution in [-0.2, 0) is 19.0 Å². The van der Waals surface area contributed by atoms with E-state index in [1.165, 1.54) is 23.8 Å². The van der Waals surface area contributed by atoms with Gasteiger partial charge in [0.05, 0.1) is 17.8 Å². The first-order chi connectivity index (χ1) is 20.0. The zero-order chi connectivity index (χ0) is 30.9. The van der Waals surface area contributed by atoms with Crippen molar-refractivity contribution in [1.82, 2.24) is 0 Å². The number of hydrogen-bond acceptors (Lipinski definition) is 1. The van der Waals surface area contributed by atoms with Crippen molar-refractivity contribution in [3.63, 3.8) is 0 Å². The third-order valence-corrected chi connectivity index (χ3v) is 8.14. The Labute approximate surface area is 251 Å². The Morgan fingerprint density at radius 3 is 2.21 bits per heavy atom. The molecule has 1 aliphatic carbocycles. The molecule has 1 aliphatic rings. The Kier molecular flexibility index (Phi) is 12.2. The minimum Gasteiger partial charge on any atom is -0.478 e. The van der Waals surface area contributed by atoms with Gasteiger partial charge < -0.3 is 5.11 Å². The van der Waals surface area contributed by atoms with Crippen LogP contribution in [0.15, 0.2) is 60.7 Å². The van der Waals surface area contributed by atoms with E-state index >= 15 is 0 Å². The van der Waals surface area contributed by atoms with E-state index in [4.69, 9.17) is 11.6 Å². The van der Waals surface area contributed by atoms with Crippen molar-refractivity contribution in [2.24, 2.45) is 5.92 Å². The van der Waals surface area contributed by atoms with Gasteiger partial charge in [-0.15, -0.1) is 0 Å². The standard InChI is InChI=1S/C31H30ClF3O2.C4H9F/c1-3-19(4-2)17-20-11-13-21(14-12-20)28-24-16-15-23(30(36)37)18-22(24)7-5-8-25(28)29-26(31(33,34)35)9-6-10-27(29)32;1-2-3-4-5/h6,9-16,18-19H,3-5,7-8,17H2,1-2H3,(H,36,37);2-4H2,1H3. The van der Waals surface area contributed by atoms with E-state index in [0.717, 1.165) is 54.9 Å². The van der Waals surface area contributed by atoms with Crippen molar-refractivity contribution in [2.75, 3.05) is 6.67 Å². The molecule has 0 radical (unpaired) electrons. The number of aryl methyl sites for hydroxylation is 1. The van der Waals surface area contributed by atoms with E-state index in [1.807, 2.05) is 31.2 Å². The van der Waals surface area contributed by atoms with Gasteiger partial charge in [-0.05, 0) is 95.7 Å². The van der Waals surface area contributed by atoms with Gasteiger partial charge in [-0.3, -0.25) is 4.39 Å². The van der Waals surface area contributed by atoms with Crippen LogP contribution in [0.3, 0.4) is 0 Å². The van der Waals surface area contributed by atoms with E-state index in [2.05, 4.69) is 13.8 Å². The first kappa shape index (κ1) is 33.4. The molecule has 0 saturated carbocycles. The Hall–Kier alpha value is -3.12. The zero-order valence-electron chi connectivity index (χ0n) is 24.5. The first-order valence-electron chi connectivity index (χ1n) is 14.7. The fourth-order valence-corrected chi connectivity index (χ4v) is 5.71. The zero-order valence-corrected chi connectivity index (χ0v) is 25.2. The van der Waals surface area contributed by atoms with E-state index < -0.39 is 17.7 Å². The van der Waals surface area contributed by atoms with Gasteiger partial charge in [0, 0.05) is 10.6 Å². The van der Waals surface area contributed by atoms with Crippen molar-refractivity contribution < 1.29 is 27.5 Å². The molecular formula is C35H39ClF4O2. The summed E-state index contributed by atoms with van der Waals surface area (Å²) in [7, 11) is 0. The summed E-state index contributed by atoms with van der Waals surface area (Å²) >= 11 is 6.47. The van der Waals surface area contributed by atoms with Crippen LogP contribution in [0.2, 0.25) is 5.02 Å². The Morgan fingerprint density at radius 2 is 1.67 bits per heavy atom. The number of carbonyl (C=O) groups is 1. The lowest BCUT2D eigenvalue weighted by Crippen LogP contribution is -2.10. The second-order valence-corrected chi connectivity index (χ2v) is 11.1. The average molecular weight is 603 g/mol. The highest BCUT2D eigenvalue weighted by molar-refractivity contribution is 6.33. The summed E-state index contributed by atoms with van der Waals surface area (Å²) < 4.78 is 53.4. The lowest BCUT2D eigenvalue weighted by molar-refractivity contribution is -0.137. The second-order valence-electron chi connectivity index (χ2n) is 10.7. The Balaban J connectivity index is 0.000000892. The molecule has 7 heteroatoms. The van der Waals surface area contributed by atoms with Gasteiger partial charge >= 0.3 is 12.1 Å². The molecular weight excluding hydrogens is 564 g/mol. The van der Waals surface area contributed by atoms with E-state index in [1.54, 1.807) is 12.1 Å². The number of unbranched alkanes of at least 4 members (excludes halogenated alkanes) is 1. The summed E-state index contributed by atoms with van der Waals surface area (Å²) in [6.07, 6.45) is 1.75. The maximum Gasteiger partial charge on any atom is 0.417 e. The minimum absolute atomic E-state index is 0.00272. The van der Waals surface area contributed by atoms with Crippen LogP contribution in [0.25, 0.3) is 11.1 Å². The lowest BCUT2D eigenvalue weighted by Gasteiger charge is -2.21. The SMILES string of the molecule is CCC(CC)Cc1ccc(C2=C(c3c(Cl)cccc3C(F)(F)F)CCCc3cc(C(=O)O)ccc32)cc1.CCCCF. The lowest BCUT2D eigenvalue weighted by atomic mass is 9.85. The molecule has 0 aromatic heterocycles. The smallest absolute Gasteiger partial charge is 0.417 e. The molecule has 0 saturated heterocycles. The van der Waals surface area contributed by atoms with Crippen molar-refractivity contribution in [2.45, 2.75) is 78.3 Å². The van der Waals surface area contributed by atoms with Crippen molar-refractivity contribution in [1.29, 1.82) is 0 Å². The largest absolute Gasteiger partial charge is 0.478 e. The van der Waals surface area contributed by atoms with Gasteiger partial charge in [0.25, 0.3) is 0 Å². The second kappa shape index (κ2) is 15.4. The van der Waals surface area contributed by atoms with Crippen molar-refractivity contribution in [3.8, 4) is 0 Å². The van der Waals surface area contributed by atoms with Crippen LogP contribution in [0, 0.1) is 5.92 Å². The number of fused-ring (bicyclic) bond motifs is 1. The van der Waals surface area contributed by atoms with Crippen LogP contribution >= 0.6 is 11.6 Å². The molecule has 0 atom stereocenters. The molecule has 1 N–H and O–H groups in total. The molecule has 0 unspecified atom stereocenters. The number of alkyl halides is 4. The monoisotopic (exact) mass is 602 g/mol. The number of carboxylic acids is 1. The maximum absolute atomic E-state index is 14.1. The molecule has 0 amide bonds. The summed E-state index contributed by atoms with van der Waals surface area (Å²) in [5.74, 6) is -0.458. The van der Waals surface area contributed by atoms with Gasteiger partial charge in [0.15, 0.2) is 0 Å². The predicted molar refractivity (Wildman–Crippen MR) is 164 cm³/mol. The molecule has 2 nitrogen and oxygen atoms in total. The molecule has 4 rings (SSSR count). The van der Waals surface area contributed by atoms with Gasteiger partial charge in [0.1, 0.15) is 0 Å². The van der Waals surface area contributed by atoms with Crippen LogP contribution in [-0.4, -0.2) is 17.8 Å². The van der Waals surface area contributed by atoms with Crippen LogP contribution in [0.1, 0.15) is 103 Å². The number of allylic oxidation sites excluding steroid dienone is 1. The summed E-state index contributed by atoms with van der Waals surface area (Å²) in [5.41, 5.74) is 4.16. The molecule has 0 fully saturated rings. The number of carboxylic acid groups (broad SMARTS) is 1. The maximum atomic E-state index is 14.1. The minimum atomic E-state index is -4.57. The van der Waals surface area contributed by atoms with Crippen LogP contribution in [0.4, 0.5) is 17.6 Å². The molecule has 0 aliphatic heterocycles. The summed E-state index contributed by atoms with van der Waals surface area (Å²) in [4.78, 5) is 11.6. The van der Waals surface area contributed by atoms with Crippen LogP contribution < -0.4 is 0 Å². The molecule has 0 spiro atoms. The average Bonchev–Trinajstić information content (AvgIpc) is 3.15. The molecule has 0 heterocycles. The summed E-state index contributed by atoms with van der Waals surface area (Å²) in [6, 6.07) is 16.8. The number of hydrogen-bond donors (Lipinski definition) is 1.